The van der Waals surface area contributed by atoms with E-state index in [1.54, 1.807) is 7.11 Å². The summed E-state index contributed by atoms with van der Waals surface area (Å²) in [5, 5.41) is 3.19. The molecule has 0 radical (unpaired) electrons. The first-order valence-corrected chi connectivity index (χ1v) is 6.86. The summed E-state index contributed by atoms with van der Waals surface area (Å²) in [7, 11) is 1.66. The number of ether oxygens (including phenoxy) is 1. The number of methoxy groups -OCH3 is 1. The van der Waals surface area contributed by atoms with E-state index in [4.69, 9.17) is 10.5 Å². The molecule has 0 bridgehead atoms. The minimum atomic E-state index is -0.210. The molecule has 4 nitrogen and oxygen atoms in total. The van der Waals surface area contributed by atoms with Crippen LogP contribution in [0.5, 0.6) is 5.75 Å². The molecule has 3 N–H and O–H groups in total. The van der Waals surface area contributed by atoms with E-state index in [9.17, 15) is 4.79 Å². The third-order valence-electron chi connectivity index (χ3n) is 3.85. The largest absolute Gasteiger partial charge is 0.497 e. The average molecular weight is 299 g/mol. The number of halogens is 1. The number of hydrogen-bond acceptors (Lipinski definition) is 3. The van der Waals surface area contributed by atoms with E-state index in [0.29, 0.717) is 13.0 Å². The number of rotatable bonds is 5. The van der Waals surface area contributed by atoms with Gasteiger partial charge in [-0.2, -0.15) is 0 Å². The maximum Gasteiger partial charge on any atom is 0.221 e. The molecule has 0 aliphatic heterocycles. The van der Waals surface area contributed by atoms with Gasteiger partial charge in [-0.25, -0.2) is 0 Å². The Hall–Kier alpha value is -1.26. The molecule has 5 heteroatoms. The van der Waals surface area contributed by atoms with Gasteiger partial charge in [0, 0.05) is 13.0 Å². The van der Waals surface area contributed by atoms with Crippen LogP contribution in [-0.4, -0.2) is 19.6 Å². The van der Waals surface area contributed by atoms with Gasteiger partial charge in [0.2, 0.25) is 5.91 Å². The predicted molar refractivity (Wildman–Crippen MR) is 82.2 cm³/mol. The van der Waals surface area contributed by atoms with Crippen molar-refractivity contribution in [3.8, 4) is 5.75 Å². The fraction of sp³-hybridized carbons (Fsp3) is 0.533. The summed E-state index contributed by atoms with van der Waals surface area (Å²) in [5.74, 6) is 0.880. The van der Waals surface area contributed by atoms with E-state index in [2.05, 4.69) is 5.32 Å². The van der Waals surface area contributed by atoms with Crippen molar-refractivity contribution >= 4 is 18.3 Å². The van der Waals surface area contributed by atoms with Crippen LogP contribution in [0.15, 0.2) is 24.3 Å². The monoisotopic (exact) mass is 298 g/mol. The molecule has 0 heterocycles. The van der Waals surface area contributed by atoms with E-state index in [1.807, 2.05) is 24.3 Å². The highest BCUT2D eigenvalue weighted by molar-refractivity contribution is 5.85. The zero-order valence-electron chi connectivity index (χ0n) is 11.9. The summed E-state index contributed by atoms with van der Waals surface area (Å²) in [6.45, 7) is 0.393. The zero-order valence-corrected chi connectivity index (χ0v) is 12.7. The molecule has 1 aliphatic rings. The number of benzene rings is 1. The van der Waals surface area contributed by atoms with Gasteiger partial charge < -0.3 is 15.8 Å². The normalized spacial score (nSPS) is 16.3. The molecule has 0 atom stereocenters. The van der Waals surface area contributed by atoms with Gasteiger partial charge in [0.05, 0.1) is 12.6 Å². The van der Waals surface area contributed by atoms with Gasteiger partial charge in [-0.3, -0.25) is 4.79 Å². The van der Waals surface area contributed by atoms with Crippen LogP contribution in [0.2, 0.25) is 0 Å². The van der Waals surface area contributed by atoms with Gasteiger partial charge in [0.1, 0.15) is 5.75 Å². The zero-order chi connectivity index (χ0) is 13.7. The highest BCUT2D eigenvalue weighted by atomic mass is 35.5. The van der Waals surface area contributed by atoms with Gasteiger partial charge in [-0.15, -0.1) is 12.4 Å². The topological polar surface area (TPSA) is 64.3 Å². The molecule has 112 valence electrons. The molecule has 0 unspecified atom stereocenters. The maximum absolute atomic E-state index is 11.9. The van der Waals surface area contributed by atoms with Crippen molar-refractivity contribution in [1.82, 2.24) is 5.32 Å². The molecule has 2 rings (SSSR count). The lowest BCUT2D eigenvalue weighted by molar-refractivity contribution is -0.122. The number of amides is 1. The Morgan fingerprint density at radius 1 is 1.30 bits per heavy atom. The fourth-order valence-corrected chi connectivity index (χ4v) is 2.83. The highest BCUT2D eigenvalue weighted by Gasteiger charge is 2.36. The Bertz CT molecular complexity index is 428. The molecule has 0 saturated heterocycles. The number of nitrogens with two attached hydrogens (primary N) is 1. The predicted octanol–water partition coefficient (Wildman–Crippen LogP) is 2.35. The van der Waals surface area contributed by atoms with Crippen molar-refractivity contribution in [2.75, 3.05) is 13.7 Å². The Morgan fingerprint density at radius 2 is 1.90 bits per heavy atom. The second-order valence-electron chi connectivity index (χ2n) is 5.10. The van der Waals surface area contributed by atoms with Gasteiger partial charge in [0.15, 0.2) is 0 Å². The van der Waals surface area contributed by atoms with Gasteiger partial charge in [-0.05, 0) is 30.5 Å². The van der Waals surface area contributed by atoms with Crippen LogP contribution >= 0.6 is 12.4 Å². The minimum absolute atomic E-state index is 0. The minimum Gasteiger partial charge on any atom is -0.497 e. The third-order valence-corrected chi connectivity index (χ3v) is 3.85. The standard InChI is InChI=1S/C15H22N2O2.ClH/c1-19-13-6-4-12(5-7-13)15(9-2-3-10-15)17-14(18)8-11-16;/h4-7H,2-3,8-11,16H2,1H3,(H,17,18);1H. The number of hydrogen-bond donors (Lipinski definition) is 2. The molecule has 1 saturated carbocycles. The molecule has 1 fully saturated rings. The van der Waals surface area contributed by atoms with Crippen molar-refractivity contribution in [3.63, 3.8) is 0 Å². The van der Waals surface area contributed by atoms with Crippen molar-refractivity contribution in [1.29, 1.82) is 0 Å². The van der Waals surface area contributed by atoms with Crippen LogP contribution in [0.3, 0.4) is 0 Å². The number of carbonyl (C=O) groups excluding carboxylic acids is 1. The van der Waals surface area contributed by atoms with Crippen molar-refractivity contribution in [2.45, 2.75) is 37.6 Å². The highest BCUT2D eigenvalue weighted by Crippen LogP contribution is 2.39. The SMILES string of the molecule is COc1ccc(C2(NC(=O)CCN)CCCC2)cc1.Cl. The van der Waals surface area contributed by atoms with Crippen LogP contribution in [0, 0.1) is 0 Å². The van der Waals surface area contributed by atoms with Crippen LogP contribution in [0.4, 0.5) is 0 Å². The van der Waals surface area contributed by atoms with Crippen LogP contribution in [-0.2, 0) is 10.3 Å². The lowest BCUT2D eigenvalue weighted by Crippen LogP contribution is -2.44. The summed E-state index contributed by atoms with van der Waals surface area (Å²) < 4.78 is 5.18. The maximum atomic E-state index is 11.9. The molecule has 1 aliphatic carbocycles. The number of nitrogens with one attached hydrogen (secondary N) is 1. The van der Waals surface area contributed by atoms with E-state index in [1.165, 1.54) is 0 Å². The molecule has 0 spiro atoms. The molecular weight excluding hydrogens is 276 g/mol. The first-order valence-electron chi connectivity index (χ1n) is 6.86. The fourth-order valence-electron chi connectivity index (χ4n) is 2.83. The lowest BCUT2D eigenvalue weighted by Gasteiger charge is -2.31. The Balaban J connectivity index is 0.00000200. The summed E-state index contributed by atoms with van der Waals surface area (Å²) >= 11 is 0. The van der Waals surface area contributed by atoms with Crippen LogP contribution in [0.1, 0.15) is 37.7 Å². The molecule has 1 aromatic carbocycles. The summed E-state index contributed by atoms with van der Waals surface area (Å²) in [5.41, 5.74) is 6.40. The second-order valence-corrected chi connectivity index (χ2v) is 5.10. The third kappa shape index (κ3) is 3.64. The molecule has 1 aromatic rings. The second kappa shape index (κ2) is 7.50. The van der Waals surface area contributed by atoms with Crippen LogP contribution in [0.25, 0.3) is 0 Å². The van der Waals surface area contributed by atoms with Crippen LogP contribution < -0.4 is 15.8 Å². The van der Waals surface area contributed by atoms with E-state index < -0.39 is 0 Å². The van der Waals surface area contributed by atoms with Crippen molar-refractivity contribution in [3.05, 3.63) is 29.8 Å². The van der Waals surface area contributed by atoms with E-state index in [0.717, 1.165) is 37.0 Å². The Morgan fingerprint density at radius 3 is 2.40 bits per heavy atom. The Labute approximate surface area is 126 Å². The first-order chi connectivity index (χ1) is 9.20. The molecular formula is C15H23ClN2O2. The molecule has 0 aromatic heterocycles. The number of carbonyl (C=O) groups is 1. The van der Waals surface area contributed by atoms with E-state index >= 15 is 0 Å². The molecule has 20 heavy (non-hydrogen) atoms. The summed E-state index contributed by atoms with van der Waals surface area (Å²) in [6.07, 6.45) is 4.67. The quantitative estimate of drug-likeness (QED) is 0.877. The van der Waals surface area contributed by atoms with Gasteiger partial charge in [-0.1, -0.05) is 25.0 Å². The molecule has 1 amide bonds. The average Bonchev–Trinajstić information content (AvgIpc) is 2.89. The van der Waals surface area contributed by atoms with E-state index in [-0.39, 0.29) is 23.9 Å². The smallest absolute Gasteiger partial charge is 0.221 e. The van der Waals surface area contributed by atoms with Gasteiger partial charge >= 0.3 is 0 Å². The Kier molecular flexibility index (Phi) is 6.30. The first kappa shape index (κ1) is 16.8. The van der Waals surface area contributed by atoms with Crippen molar-refractivity contribution < 1.29 is 9.53 Å². The summed E-state index contributed by atoms with van der Waals surface area (Å²) in [4.78, 5) is 11.9. The summed E-state index contributed by atoms with van der Waals surface area (Å²) in [6, 6.07) is 7.99. The lowest BCUT2D eigenvalue weighted by atomic mass is 9.88. The van der Waals surface area contributed by atoms with Gasteiger partial charge in [0.25, 0.3) is 0 Å². The van der Waals surface area contributed by atoms with Crippen molar-refractivity contribution in [2.24, 2.45) is 5.73 Å².